The van der Waals surface area contributed by atoms with Crippen LogP contribution in [-0.2, 0) is 10.0 Å². The van der Waals surface area contributed by atoms with Gasteiger partial charge in [-0.2, -0.15) is 4.31 Å². The van der Waals surface area contributed by atoms with E-state index in [2.05, 4.69) is 10.3 Å². The maximum Gasteiger partial charge on any atom is 0.258 e. The zero-order chi connectivity index (χ0) is 29.0. The number of aliphatic hydroxyl groups excluding tert-OH is 1. The number of fused-ring (bicyclic) bond motifs is 1. The number of anilines is 1. The highest BCUT2D eigenvalue weighted by atomic mass is 32.2. The van der Waals surface area contributed by atoms with Gasteiger partial charge in [0.1, 0.15) is 17.7 Å². The molecular formula is C28H31FN4O6S. The molecule has 0 unspecified atom stereocenters. The number of benzene rings is 2. The Hall–Kier alpha value is -3.87. The monoisotopic (exact) mass is 570 g/mol. The minimum Gasteiger partial charge on any atom is -0.488 e. The van der Waals surface area contributed by atoms with Crippen LogP contribution in [0.25, 0.3) is 0 Å². The lowest BCUT2D eigenvalue weighted by molar-refractivity contribution is 0.0387. The smallest absolute Gasteiger partial charge is 0.258 e. The summed E-state index contributed by atoms with van der Waals surface area (Å²) in [7, 11) is -2.55. The first-order chi connectivity index (χ1) is 19.0. The van der Waals surface area contributed by atoms with E-state index in [-0.39, 0.29) is 47.7 Å². The first kappa shape index (κ1) is 29.1. The molecule has 2 heterocycles. The predicted octanol–water partition coefficient (Wildman–Crippen LogP) is 3.01. The Balaban J connectivity index is 1.65. The van der Waals surface area contributed by atoms with Crippen LogP contribution < -0.4 is 10.1 Å². The van der Waals surface area contributed by atoms with Gasteiger partial charge in [-0.1, -0.05) is 6.92 Å². The van der Waals surface area contributed by atoms with Gasteiger partial charge >= 0.3 is 0 Å². The molecule has 212 valence electrons. The van der Waals surface area contributed by atoms with E-state index in [1.54, 1.807) is 31.2 Å². The highest BCUT2D eigenvalue weighted by Gasteiger charge is 2.35. The van der Waals surface area contributed by atoms with E-state index in [4.69, 9.17) is 4.74 Å². The van der Waals surface area contributed by atoms with Gasteiger partial charge in [-0.05, 0) is 61.5 Å². The third-order valence-electron chi connectivity index (χ3n) is 6.82. The third kappa shape index (κ3) is 6.30. The van der Waals surface area contributed by atoms with Crippen molar-refractivity contribution in [3.8, 4) is 5.75 Å². The molecule has 0 saturated heterocycles. The number of aliphatic hydroxyl groups is 1. The van der Waals surface area contributed by atoms with Gasteiger partial charge in [0, 0.05) is 43.2 Å². The SMILES string of the molecule is C[C@H]1CN([C@@H](C)CO)C(=O)c2cc(NC(=O)c3ccncc3)ccc2O[C@@H]1CN(C)S(=O)(=O)c1ccc(F)cc1. The van der Waals surface area contributed by atoms with Crippen LogP contribution in [0.15, 0.2) is 71.9 Å². The number of halogens is 1. The summed E-state index contributed by atoms with van der Waals surface area (Å²) >= 11 is 0. The number of carbonyl (C=O) groups is 2. The van der Waals surface area contributed by atoms with Crippen molar-refractivity contribution in [3.05, 3.63) is 83.9 Å². The van der Waals surface area contributed by atoms with E-state index in [0.29, 0.717) is 11.3 Å². The van der Waals surface area contributed by atoms with E-state index >= 15 is 0 Å². The summed E-state index contributed by atoms with van der Waals surface area (Å²) in [5.74, 6) is -1.45. The summed E-state index contributed by atoms with van der Waals surface area (Å²) in [6, 6.07) is 11.8. The molecule has 3 aromatic rings. The number of hydrogen-bond acceptors (Lipinski definition) is 7. The van der Waals surface area contributed by atoms with Crippen LogP contribution >= 0.6 is 0 Å². The number of pyridine rings is 1. The largest absolute Gasteiger partial charge is 0.488 e. The van der Waals surface area contributed by atoms with Gasteiger partial charge in [0.2, 0.25) is 10.0 Å². The van der Waals surface area contributed by atoms with Crippen molar-refractivity contribution in [2.45, 2.75) is 30.9 Å². The summed E-state index contributed by atoms with van der Waals surface area (Å²) < 4.78 is 47.1. The fourth-order valence-electron chi connectivity index (χ4n) is 4.36. The van der Waals surface area contributed by atoms with Gasteiger partial charge in [0.25, 0.3) is 11.8 Å². The number of likely N-dealkylation sites (N-methyl/N-ethyl adjacent to an activating group) is 1. The second-order valence-corrected chi connectivity index (χ2v) is 11.8. The average Bonchev–Trinajstić information content (AvgIpc) is 2.95. The highest BCUT2D eigenvalue weighted by Crippen LogP contribution is 2.31. The number of sulfonamides is 1. The lowest BCUT2D eigenvalue weighted by Crippen LogP contribution is -2.50. The zero-order valence-corrected chi connectivity index (χ0v) is 23.1. The van der Waals surface area contributed by atoms with Gasteiger partial charge in [-0.15, -0.1) is 0 Å². The van der Waals surface area contributed by atoms with Crippen molar-refractivity contribution in [1.29, 1.82) is 0 Å². The molecule has 2 aromatic carbocycles. The van der Waals surface area contributed by atoms with Crippen LogP contribution in [0, 0.1) is 11.7 Å². The molecule has 12 heteroatoms. The lowest BCUT2D eigenvalue weighted by atomic mass is 9.99. The maximum absolute atomic E-state index is 13.6. The number of carbonyl (C=O) groups excluding carboxylic acids is 2. The minimum atomic E-state index is -3.95. The number of rotatable bonds is 8. The molecule has 0 spiro atoms. The fraction of sp³-hybridized carbons (Fsp3) is 0.321. The summed E-state index contributed by atoms with van der Waals surface area (Å²) in [5.41, 5.74) is 0.906. The Morgan fingerprint density at radius 3 is 2.52 bits per heavy atom. The molecule has 3 atom stereocenters. The molecule has 2 N–H and O–H groups in total. The molecule has 4 rings (SSSR count). The number of nitrogens with one attached hydrogen (secondary N) is 1. The molecule has 10 nitrogen and oxygen atoms in total. The Morgan fingerprint density at radius 1 is 1.20 bits per heavy atom. The highest BCUT2D eigenvalue weighted by molar-refractivity contribution is 7.89. The van der Waals surface area contributed by atoms with Crippen LogP contribution in [-0.4, -0.2) is 78.4 Å². The first-order valence-corrected chi connectivity index (χ1v) is 14.1. The average molecular weight is 571 g/mol. The normalized spacial score (nSPS) is 18.4. The van der Waals surface area contributed by atoms with Gasteiger partial charge < -0.3 is 20.1 Å². The molecule has 40 heavy (non-hydrogen) atoms. The second kappa shape index (κ2) is 12.1. The molecule has 0 aliphatic carbocycles. The van der Waals surface area contributed by atoms with E-state index in [0.717, 1.165) is 16.4 Å². The molecule has 0 fully saturated rings. The van der Waals surface area contributed by atoms with Crippen molar-refractivity contribution >= 4 is 27.5 Å². The van der Waals surface area contributed by atoms with Crippen LogP contribution in [0.3, 0.4) is 0 Å². The van der Waals surface area contributed by atoms with Crippen LogP contribution in [0.5, 0.6) is 5.75 Å². The molecule has 1 aromatic heterocycles. The quantitative estimate of drug-likeness (QED) is 0.426. The summed E-state index contributed by atoms with van der Waals surface area (Å²) in [5, 5.41) is 12.6. The van der Waals surface area contributed by atoms with Gasteiger partial charge in [0.05, 0.1) is 29.7 Å². The second-order valence-electron chi connectivity index (χ2n) is 9.76. The summed E-state index contributed by atoms with van der Waals surface area (Å²) in [6.07, 6.45) is 2.31. The number of hydrogen-bond donors (Lipinski definition) is 2. The van der Waals surface area contributed by atoms with Crippen molar-refractivity contribution in [2.75, 3.05) is 32.1 Å². The molecule has 0 bridgehead atoms. The van der Waals surface area contributed by atoms with Gasteiger partial charge in [-0.3, -0.25) is 14.6 Å². The van der Waals surface area contributed by atoms with E-state index < -0.39 is 33.9 Å². The topological polar surface area (TPSA) is 129 Å². The fourth-order valence-corrected chi connectivity index (χ4v) is 5.55. The Bertz CT molecular complexity index is 1470. The van der Waals surface area contributed by atoms with E-state index in [9.17, 15) is 27.5 Å². The lowest BCUT2D eigenvalue weighted by Gasteiger charge is -2.38. The van der Waals surface area contributed by atoms with Gasteiger partial charge in [-0.25, -0.2) is 12.8 Å². The van der Waals surface area contributed by atoms with Crippen LogP contribution in [0.4, 0.5) is 10.1 Å². The number of ether oxygens (including phenoxy) is 1. The zero-order valence-electron chi connectivity index (χ0n) is 22.3. The predicted molar refractivity (Wildman–Crippen MR) is 146 cm³/mol. The van der Waals surface area contributed by atoms with Crippen LogP contribution in [0.1, 0.15) is 34.6 Å². The molecule has 2 amide bonds. The van der Waals surface area contributed by atoms with Gasteiger partial charge in [0.15, 0.2) is 0 Å². The number of amides is 2. The maximum atomic E-state index is 13.6. The van der Waals surface area contributed by atoms with E-state index in [1.807, 2.05) is 6.92 Å². The van der Waals surface area contributed by atoms with Crippen molar-refractivity contribution < 1.29 is 32.2 Å². The first-order valence-electron chi connectivity index (χ1n) is 12.7. The van der Waals surface area contributed by atoms with Crippen LogP contribution in [0.2, 0.25) is 0 Å². The molecule has 0 radical (unpaired) electrons. The molecule has 0 saturated carbocycles. The van der Waals surface area contributed by atoms with E-state index in [1.165, 1.54) is 42.5 Å². The molecular weight excluding hydrogens is 539 g/mol. The number of nitrogens with zero attached hydrogens (tertiary/aromatic N) is 3. The Kier molecular flexibility index (Phi) is 8.82. The number of aromatic nitrogens is 1. The van der Waals surface area contributed by atoms with Crippen molar-refractivity contribution in [1.82, 2.24) is 14.2 Å². The van der Waals surface area contributed by atoms with Crippen molar-refractivity contribution in [2.24, 2.45) is 5.92 Å². The standard InChI is InChI=1S/C28H31FN4O6S/c1-18-15-33(19(2)17-34)28(36)24-14-22(31-27(35)20-10-12-30-13-11-20)6-9-25(24)39-26(18)16-32(3)40(37,38)23-7-4-21(29)5-8-23/h4-14,18-19,26,34H,15-17H2,1-3H3,(H,31,35)/t18-,19-,26+/m0/s1. The van der Waals surface area contributed by atoms with Crippen molar-refractivity contribution in [3.63, 3.8) is 0 Å². The Morgan fingerprint density at radius 2 is 1.88 bits per heavy atom. The minimum absolute atomic E-state index is 0.0591. The summed E-state index contributed by atoms with van der Waals surface area (Å²) in [4.78, 5) is 31.6. The molecule has 1 aliphatic rings. The molecule has 1 aliphatic heterocycles. The Labute approximate surface area is 232 Å². The summed E-state index contributed by atoms with van der Waals surface area (Å²) in [6.45, 7) is 3.39. The third-order valence-corrected chi connectivity index (χ3v) is 8.66.